The Hall–Kier alpha value is -0.605. The van der Waals surface area contributed by atoms with Gasteiger partial charge < -0.3 is 73.5 Å². The molecular formula is C58H110B6N12O11Y4-4. The molecule has 7 amide bonds. The van der Waals surface area contributed by atoms with E-state index in [0.717, 1.165) is 150 Å². The van der Waals surface area contributed by atoms with Crippen LogP contribution in [0.15, 0.2) is 0 Å². The van der Waals surface area contributed by atoms with E-state index in [1.54, 1.807) is 52.2 Å². The molecule has 0 atom stereocenters. The summed E-state index contributed by atoms with van der Waals surface area (Å²) in [5, 5.41) is 6.38. The van der Waals surface area contributed by atoms with Crippen LogP contribution in [0.3, 0.4) is 0 Å². The molecule has 502 valence electrons. The Balaban J connectivity index is -0.000000105. The monoisotopic (exact) mass is 1570 g/mol. The molecule has 33 heteroatoms. The van der Waals surface area contributed by atoms with Gasteiger partial charge in [0.1, 0.15) is 17.0 Å². The van der Waals surface area contributed by atoms with Gasteiger partial charge in [0, 0.05) is 345 Å². The van der Waals surface area contributed by atoms with E-state index in [4.69, 9.17) is 9.47 Å². The van der Waals surface area contributed by atoms with Crippen LogP contribution in [0.2, 0.25) is 0 Å². The van der Waals surface area contributed by atoms with Crippen LogP contribution < -0.4 is 10.6 Å². The maximum atomic E-state index is 11.8. The number of terminal acetylenes is 1. The summed E-state index contributed by atoms with van der Waals surface area (Å²) in [5.41, 5.74) is -0.913. The molecule has 8 aliphatic heterocycles. The summed E-state index contributed by atoms with van der Waals surface area (Å²) in [6, 6.07) is 1.63. The minimum absolute atomic E-state index is 0. The van der Waals surface area contributed by atoms with Crippen molar-refractivity contribution in [1.29, 1.82) is 0 Å². The van der Waals surface area contributed by atoms with E-state index in [9.17, 15) is 43.2 Å². The Morgan fingerprint density at radius 3 is 0.923 bits per heavy atom. The predicted molar refractivity (Wildman–Crippen MR) is 357 cm³/mol. The van der Waals surface area contributed by atoms with Gasteiger partial charge in [0.15, 0.2) is 5.78 Å². The normalized spacial score (nSPS) is 17.0. The fourth-order valence-corrected chi connectivity index (χ4v) is 7.76. The number of nitrogens with one attached hydrogen (secondary N) is 2. The molecule has 8 heterocycles. The number of Topliss-reactive ketones (excluding diaryl/α,β-unsaturated/α-hetero) is 2. The molecule has 8 aliphatic rings. The number of rotatable bonds is 7. The first-order valence-electron chi connectivity index (χ1n) is 30.1. The molecule has 0 aromatic heterocycles. The Morgan fingerprint density at radius 1 is 0.473 bits per heavy atom. The first-order valence-corrected chi connectivity index (χ1v) is 30.1. The smallest absolute Gasteiger partial charge is 0.411 e. The average molecular weight is 1570 g/mol. The van der Waals surface area contributed by atoms with Gasteiger partial charge in [-0.25, -0.2) is 9.59 Å². The van der Waals surface area contributed by atoms with Crippen molar-refractivity contribution in [2.45, 2.75) is 154 Å². The molecule has 0 unspecified atom stereocenters. The summed E-state index contributed by atoms with van der Waals surface area (Å²) >= 11 is 0. The van der Waals surface area contributed by atoms with Crippen molar-refractivity contribution in [2.24, 2.45) is 0 Å². The van der Waals surface area contributed by atoms with Crippen LogP contribution in [-0.4, -0.2) is 336 Å². The van der Waals surface area contributed by atoms with E-state index >= 15 is 0 Å². The Morgan fingerprint density at radius 2 is 0.714 bits per heavy atom. The molecular weight excluding hydrogens is 1460 g/mol. The quantitative estimate of drug-likeness (QED) is 0.205. The van der Waals surface area contributed by atoms with Crippen LogP contribution in [0.25, 0.3) is 0 Å². The number of hydrogen-bond acceptors (Lipinski definition) is 16. The molecule has 8 rings (SSSR count). The van der Waals surface area contributed by atoms with E-state index in [0.29, 0.717) is 12.1 Å². The fraction of sp³-hybridized carbons (Fsp3) is 0.810. The molecule has 0 spiro atoms. The first-order chi connectivity index (χ1) is 40.8. The van der Waals surface area contributed by atoms with Crippen LogP contribution in [0.4, 0.5) is 9.59 Å². The summed E-state index contributed by atoms with van der Waals surface area (Å²) in [4.78, 5) is 114. The van der Waals surface area contributed by atoms with Gasteiger partial charge in [-0.2, -0.15) is 25.6 Å². The zero-order chi connectivity index (χ0) is 67.6. The van der Waals surface area contributed by atoms with E-state index in [2.05, 4.69) is 76.9 Å². The number of amides is 7. The molecule has 23 nitrogen and oxygen atoms in total. The number of hydrogen-bond donors (Lipinski definition) is 2. The summed E-state index contributed by atoms with van der Waals surface area (Å²) < 4.78 is 10.3. The van der Waals surface area contributed by atoms with Crippen LogP contribution in [0, 0.1) is 12.8 Å². The predicted octanol–water partition coefficient (Wildman–Crippen LogP) is 0.891. The second-order valence-corrected chi connectivity index (χ2v) is 21.0. The molecule has 0 saturated carbocycles. The fourth-order valence-electron chi connectivity index (χ4n) is 7.76. The number of ketones is 2. The second-order valence-electron chi connectivity index (χ2n) is 21.0. The summed E-state index contributed by atoms with van der Waals surface area (Å²) in [5.74, 6) is 0.409. The largest absolute Gasteiger partial charge is 0.520 e. The van der Waals surface area contributed by atoms with Gasteiger partial charge in [-0.15, -0.1) is 12.8 Å². The molecule has 91 heavy (non-hydrogen) atoms. The van der Waals surface area contributed by atoms with Crippen LogP contribution in [0.5, 0.6) is 0 Å². The standard InChI is InChI=1S/C13H22N3O3.C10H16N3O2.C8H14N3O.C8H13NO3.C5H9N2O.C3H6O.4C2H6.C2H2.CH4.B4.B2.4Y/c1-13(2,3)19-12(18)16-8-11(9-16)15-6-4-14(10-17)5-7-15;1-9(15)13-6-10(7-13)12-4-2-11(8-14)3-5-12;12-7-10-1-3-11(4-2-10)8-5-9-6-8;1-8(2,3)12-7(11)9-4-6(10)5-9;8-5-7-3-1-6-2-4-7;1-3(2)4;5*1-2;;1-4(2)3;1-2;;;;/h11H,4-9H2,1-3H3;10H,2-7H2,1H3;8-9H,1-6H2;4-5H2,1-3H3;6H,1-4H2;1-2H3;4*1-2H3;1-2H;1H4;;;;;;/q3*-1;;-1;;;;;;;;;;;;;. The molecule has 8 saturated heterocycles. The van der Waals surface area contributed by atoms with Crippen molar-refractivity contribution in [3.05, 3.63) is 0 Å². The molecule has 0 aromatic rings. The third-order valence-electron chi connectivity index (χ3n) is 12.1. The summed E-state index contributed by atoms with van der Waals surface area (Å²) in [6.07, 6.45) is 14.3. The molecule has 0 bridgehead atoms. The molecule has 2 N–H and O–H groups in total. The van der Waals surface area contributed by atoms with Gasteiger partial charge in [-0.3, -0.25) is 29.2 Å². The number of carbonyl (C=O) groups excluding carboxylic acids is 9. The zero-order valence-corrected chi connectivity index (χ0v) is 69.4. The van der Waals surface area contributed by atoms with E-state index in [1.807, 2.05) is 107 Å². The van der Waals surface area contributed by atoms with Gasteiger partial charge in [0.05, 0.1) is 13.1 Å². The number of likely N-dealkylation sites (tertiary alicyclic amines) is 3. The van der Waals surface area contributed by atoms with Crippen LogP contribution >= 0.6 is 0 Å². The van der Waals surface area contributed by atoms with Gasteiger partial charge in [0.2, 0.25) is 5.91 Å². The topological polar surface area (TPSA) is 229 Å². The maximum absolute atomic E-state index is 11.8. The van der Waals surface area contributed by atoms with E-state index in [-0.39, 0.29) is 175 Å². The van der Waals surface area contributed by atoms with Crippen LogP contribution in [-0.2, 0) is 174 Å². The van der Waals surface area contributed by atoms with Crippen molar-refractivity contribution in [3.8, 4) is 12.8 Å². The number of piperazine rings is 4. The van der Waals surface area contributed by atoms with Gasteiger partial charge in [-0.1, -0.05) is 62.8 Å². The van der Waals surface area contributed by atoms with Gasteiger partial charge in [0.25, 0.3) is 0 Å². The van der Waals surface area contributed by atoms with Gasteiger partial charge in [-0.05, 0) is 55.4 Å². The van der Waals surface area contributed by atoms with Crippen molar-refractivity contribution in [1.82, 2.24) is 59.6 Å². The third kappa shape index (κ3) is 57.1. The van der Waals surface area contributed by atoms with Crippen molar-refractivity contribution < 1.29 is 183 Å². The molecule has 0 aromatic carbocycles. The second kappa shape index (κ2) is 69.3. The molecule has 8 fully saturated rings. The maximum Gasteiger partial charge on any atom is 0.411 e. The SMILES string of the molecule is C.C#C.CC.CC.CC.CC.CC(=O)N1CC(N2CCN([C-]=O)CC2)C1.CC(C)(C)OC(=O)N1CC(=O)C1.CC(C)(C)OC(=O)N1CC(N2CCN([C-]=O)CC2)C1.CC(C)=O.O=[C-]N1CCN(C2CNC2)CC1.O=[C-]N1CCNCC1.[B]B([B])[B].[B][B].[Y].[Y].[Y].[Y]. The molecule has 14 radical (unpaired) electrons. The zero-order valence-electron chi connectivity index (χ0n) is 58.1. The van der Waals surface area contributed by atoms with Crippen molar-refractivity contribution in [2.75, 3.05) is 157 Å². The Labute approximate surface area is 660 Å². The minimum Gasteiger partial charge on any atom is -0.520 e. The first kappa shape index (κ1) is 112. The molecule has 0 aliphatic carbocycles. The van der Waals surface area contributed by atoms with E-state index in [1.165, 1.54) is 18.7 Å². The summed E-state index contributed by atoms with van der Waals surface area (Å²) in [7, 11) is 22.0. The van der Waals surface area contributed by atoms with Crippen molar-refractivity contribution >= 4 is 100 Å². The third-order valence-corrected chi connectivity index (χ3v) is 12.1. The Bertz CT molecular complexity index is 1810. The van der Waals surface area contributed by atoms with Crippen molar-refractivity contribution in [3.63, 3.8) is 0 Å². The summed E-state index contributed by atoms with van der Waals surface area (Å²) in [6.45, 7) is 51.1. The average Bonchev–Trinajstić information content (AvgIpc) is 3.64. The number of carbonyl (C=O) groups is 5. The van der Waals surface area contributed by atoms with Gasteiger partial charge >= 0.3 is 12.2 Å². The number of nitrogens with zero attached hydrogens (tertiary/aromatic N) is 10. The minimum atomic E-state index is -0.667. The van der Waals surface area contributed by atoms with Crippen LogP contribution in [0.1, 0.15) is 125 Å². The Kier molecular flexibility index (Phi) is 85.1. The van der Waals surface area contributed by atoms with E-state index < -0.39 is 23.7 Å². The number of ether oxygens (including phenoxy) is 2.